The molecule has 0 spiro atoms. The minimum atomic E-state index is 0.484. The van der Waals surface area contributed by atoms with Crippen LogP contribution in [0, 0.1) is 17.9 Å². The number of rotatable bonds is 6. The topological polar surface area (TPSA) is 76.7 Å². The summed E-state index contributed by atoms with van der Waals surface area (Å²) in [4.78, 5) is 18.6. The maximum atomic E-state index is 11.0. The average molecular weight is 766 g/mol. The molecule has 0 aliphatic carbocycles. The molecule has 11 rings (SSSR count). The maximum absolute atomic E-state index is 11.0. The molecule has 0 aliphatic heterocycles. The van der Waals surface area contributed by atoms with Crippen molar-refractivity contribution in [1.82, 2.24) is 24.1 Å². The van der Waals surface area contributed by atoms with Crippen LogP contribution in [-0.2, 0) is 0 Å². The van der Waals surface area contributed by atoms with Gasteiger partial charge in [-0.25, -0.2) is 19.8 Å². The molecule has 0 N–H and O–H groups in total. The maximum Gasteiger partial charge on any atom is 0.194 e. The summed E-state index contributed by atoms with van der Waals surface area (Å²) in [6.07, 6.45) is 0. The van der Waals surface area contributed by atoms with Crippen LogP contribution in [0.15, 0.2) is 188 Å². The fraction of sp³-hybridized carbons (Fsp3) is 0. The van der Waals surface area contributed by atoms with Gasteiger partial charge in [0.1, 0.15) is 6.07 Å². The van der Waals surface area contributed by atoms with Gasteiger partial charge in [0.15, 0.2) is 23.2 Å². The summed E-state index contributed by atoms with van der Waals surface area (Å²) in [5.74, 6) is 1.60. The third-order valence-corrected chi connectivity index (χ3v) is 11.2. The molecule has 8 aromatic carbocycles. The molecule has 60 heavy (non-hydrogen) atoms. The molecule has 3 heterocycles. The molecule has 0 fully saturated rings. The smallest absolute Gasteiger partial charge is 0.194 e. The molecule has 0 saturated heterocycles. The Balaban J connectivity index is 1.15. The predicted octanol–water partition coefficient (Wildman–Crippen LogP) is 13.2. The van der Waals surface area contributed by atoms with Crippen LogP contribution >= 0.6 is 0 Å². The summed E-state index contributed by atoms with van der Waals surface area (Å²) in [6, 6.07) is 65.7. The van der Waals surface area contributed by atoms with Crippen LogP contribution in [-0.4, -0.2) is 24.1 Å². The van der Waals surface area contributed by atoms with Crippen LogP contribution in [0.3, 0.4) is 0 Å². The van der Waals surface area contributed by atoms with Crippen LogP contribution in [0.5, 0.6) is 0 Å². The second-order valence-corrected chi connectivity index (χ2v) is 14.6. The zero-order valence-corrected chi connectivity index (χ0v) is 32.0. The fourth-order valence-electron chi connectivity index (χ4n) is 8.52. The van der Waals surface area contributed by atoms with E-state index >= 15 is 0 Å². The lowest BCUT2D eigenvalue weighted by Gasteiger charge is -2.15. The number of fused-ring (bicyclic) bond motifs is 7. The van der Waals surface area contributed by atoms with E-state index in [1.165, 1.54) is 0 Å². The van der Waals surface area contributed by atoms with Crippen LogP contribution in [0.25, 0.3) is 105 Å². The molecule has 7 heteroatoms. The first-order chi connectivity index (χ1) is 29.7. The van der Waals surface area contributed by atoms with Gasteiger partial charge in [0, 0.05) is 43.9 Å². The Labute approximate surface area is 345 Å². The molecular formula is C53H31N7. The Morgan fingerprint density at radius 1 is 0.450 bits per heavy atom. The summed E-state index contributed by atoms with van der Waals surface area (Å²) in [7, 11) is 0. The van der Waals surface area contributed by atoms with Crippen molar-refractivity contribution in [3.63, 3.8) is 0 Å². The lowest BCUT2D eigenvalue weighted by Crippen LogP contribution is -2.03. The molecule has 0 atom stereocenters. The quantitative estimate of drug-likeness (QED) is 0.158. The molecule has 0 unspecified atom stereocenters. The Bertz CT molecular complexity index is 3490. The normalized spacial score (nSPS) is 11.3. The van der Waals surface area contributed by atoms with Crippen molar-refractivity contribution in [3.05, 3.63) is 205 Å². The lowest BCUT2D eigenvalue weighted by molar-refractivity contribution is 1.07. The van der Waals surface area contributed by atoms with Crippen LogP contribution in [0.1, 0.15) is 5.56 Å². The van der Waals surface area contributed by atoms with Crippen molar-refractivity contribution >= 4 is 49.3 Å². The zero-order valence-electron chi connectivity index (χ0n) is 32.0. The predicted molar refractivity (Wildman–Crippen MR) is 241 cm³/mol. The van der Waals surface area contributed by atoms with Gasteiger partial charge in [-0.1, -0.05) is 146 Å². The van der Waals surface area contributed by atoms with Gasteiger partial charge < -0.3 is 9.13 Å². The minimum absolute atomic E-state index is 0.484. The van der Waals surface area contributed by atoms with Crippen molar-refractivity contribution in [2.45, 2.75) is 0 Å². The first-order valence-electron chi connectivity index (χ1n) is 19.6. The van der Waals surface area contributed by atoms with Crippen molar-refractivity contribution in [3.8, 4) is 62.7 Å². The first kappa shape index (κ1) is 34.6. The molecule has 0 amide bonds. The number of aromatic nitrogens is 5. The largest absolute Gasteiger partial charge is 0.307 e. The van der Waals surface area contributed by atoms with E-state index in [4.69, 9.17) is 21.5 Å². The van der Waals surface area contributed by atoms with Gasteiger partial charge in [-0.05, 0) is 53.6 Å². The molecule has 278 valence electrons. The van der Waals surface area contributed by atoms with E-state index in [9.17, 15) is 5.26 Å². The zero-order chi connectivity index (χ0) is 40.2. The van der Waals surface area contributed by atoms with Gasteiger partial charge >= 0.3 is 0 Å². The lowest BCUT2D eigenvalue weighted by atomic mass is 10.0. The van der Waals surface area contributed by atoms with Gasteiger partial charge in [0.2, 0.25) is 0 Å². The third kappa shape index (κ3) is 5.54. The molecule has 11 aromatic rings. The van der Waals surface area contributed by atoms with E-state index in [1.54, 1.807) is 0 Å². The van der Waals surface area contributed by atoms with Gasteiger partial charge in [0.25, 0.3) is 0 Å². The molecule has 7 nitrogen and oxygen atoms in total. The number of benzene rings is 8. The van der Waals surface area contributed by atoms with Crippen molar-refractivity contribution in [1.29, 1.82) is 5.26 Å². The second kappa shape index (κ2) is 14.1. The highest BCUT2D eigenvalue weighted by Gasteiger charge is 2.23. The van der Waals surface area contributed by atoms with E-state index in [-0.39, 0.29) is 0 Å². The number of hydrogen-bond acceptors (Lipinski definition) is 4. The highest BCUT2D eigenvalue weighted by Crippen LogP contribution is 2.43. The van der Waals surface area contributed by atoms with E-state index in [0.717, 1.165) is 77.2 Å². The van der Waals surface area contributed by atoms with Gasteiger partial charge in [-0.15, -0.1) is 0 Å². The van der Waals surface area contributed by atoms with Crippen LogP contribution in [0.4, 0.5) is 5.69 Å². The van der Waals surface area contributed by atoms with Crippen LogP contribution in [0.2, 0.25) is 0 Å². The summed E-state index contributed by atoms with van der Waals surface area (Å²) in [6.45, 7) is 7.74. The van der Waals surface area contributed by atoms with E-state index in [1.807, 2.05) is 109 Å². The van der Waals surface area contributed by atoms with Gasteiger partial charge in [0.05, 0.1) is 39.9 Å². The third-order valence-electron chi connectivity index (χ3n) is 11.2. The van der Waals surface area contributed by atoms with Crippen molar-refractivity contribution in [2.24, 2.45) is 0 Å². The second-order valence-electron chi connectivity index (χ2n) is 14.6. The number of para-hydroxylation sites is 3. The summed E-state index contributed by atoms with van der Waals surface area (Å²) >= 11 is 0. The van der Waals surface area contributed by atoms with Crippen molar-refractivity contribution in [2.75, 3.05) is 0 Å². The Morgan fingerprint density at radius 2 is 0.950 bits per heavy atom. The Kier molecular flexibility index (Phi) is 8.11. The summed E-state index contributed by atoms with van der Waals surface area (Å²) < 4.78 is 4.57. The Hall–Kier alpha value is -8.65. The minimum Gasteiger partial charge on any atom is -0.307 e. The SMILES string of the molecule is [C-]#[N+]c1ccccc1-c1ccc(-n2c3ccccc3c3ccc4c5ccccc5n(-c5ccc(-c6nc(-c7ccccc7)nc(-c7ccccc7)n6)cc5C#N)c4c32)cc1. The summed E-state index contributed by atoms with van der Waals surface area (Å²) in [5, 5.41) is 15.4. The molecule has 0 radical (unpaired) electrons. The molecule has 0 saturated carbocycles. The number of nitriles is 1. The van der Waals surface area contributed by atoms with Crippen molar-refractivity contribution < 1.29 is 0 Å². The molecule has 3 aromatic heterocycles. The van der Waals surface area contributed by atoms with E-state index < -0.39 is 0 Å². The van der Waals surface area contributed by atoms with Gasteiger partial charge in [-0.3, -0.25) is 0 Å². The standard InChI is InChI=1S/C53H31N7/c1-55-45-21-11-8-18-40(45)34-24-27-39(28-25-34)59-47-22-12-9-19-41(47)43-29-30-44-42-20-10-13-23-48(42)60(50(44)49(43)59)46-31-26-37(32-38(46)33-54)53-57-51(35-14-4-2-5-15-35)56-52(58-53)36-16-6-3-7-17-36/h2-32H. The molecule has 0 bridgehead atoms. The molecular weight excluding hydrogens is 735 g/mol. The molecule has 0 aliphatic rings. The monoisotopic (exact) mass is 765 g/mol. The van der Waals surface area contributed by atoms with E-state index in [2.05, 4.69) is 98.9 Å². The average Bonchev–Trinajstić information content (AvgIpc) is 3.85. The number of nitrogens with zero attached hydrogens (tertiary/aromatic N) is 7. The highest BCUT2D eigenvalue weighted by atomic mass is 15.1. The Morgan fingerprint density at radius 3 is 1.55 bits per heavy atom. The van der Waals surface area contributed by atoms with Gasteiger partial charge in [-0.2, -0.15) is 5.26 Å². The fourth-order valence-corrected chi connectivity index (χ4v) is 8.52. The van der Waals surface area contributed by atoms with Crippen LogP contribution < -0.4 is 0 Å². The highest BCUT2D eigenvalue weighted by molar-refractivity contribution is 6.24. The first-order valence-corrected chi connectivity index (χ1v) is 19.6. The van der Waals surface area contributed by atoms with E-state index in [0.29, 0.717) is 34.3 Å². The summed E-state index contributed by atoms with van der Waals surface area (Å²) in [5.41, 5.74) is 11.3. The number of hydrogen-bond donors (Lipinski definition) is 0.